The predicted octanol–water partition coefficient (Wildman–Crippen LogP) is 2.97. The van der Waals surface area contributed by atoms with Crippen LogP contribution in [-0.4, -0.2) is 31.4 Å². The molecule has 0 aliphatic rings. The molecule has 2 atom stereocenters. The molecular weight excluding hydrogens is 374 g/mol. The first-order chi connectivity index (χ1) is 13.4. The fourth-order valence-corrected chi connectivity index (χ4v) is 3.07. The van der Waals surface area contributed by atoms with E-state index < -0.39 is 6.04 Å². The van der Waals surface area contributed by atoms with Gasteiger partial charge in [-0.25, -0.2) is 0 Å². The Labute approximate surface area is 169 Å². The standard InChI is InChI=1S/C22H22ClN3O2/c1-15(22(28)24-18-12-10-17(23)11-13-18)26(2)14-21(27)25-20-9-5-7-16-6-3-4-8-19(16)20/h3-13,15H,14H2,1-2H3,(H,24,28)(H,25,27)/p+1/t15-/m0/s1. The van der Waals surface area contributed by atoms with E-state index in [2.05, 4.69) is 10.6 Å². The van der Waals surface area contributed by atoms with Crippen molar-refractivity contribution < 1.29 is 14.5 Å². The highest BCUT2D eigenvalue weighted by atomic mass is 35.5. The summed E-state index contributed by atoms with van der Waals surface area (Å²) in [5, 5.41) is 8.47. The first-order valence-corrected chi connectivity index (χ1v) is 9.48. The van der Waals surface area contributed by atoms with Gasteiger partial charge in [-0.15, -0.1) is 0 Å². The van der Waals surface area contributed by atoms with Gasteiger partial charge in [0.05, 0.1) is 7.05 Å². The van der Waals surface area contributed by atoms with Gasteiger partial charge in [-0.1, -0.05) is 48.0 Å². The van der Waals surface area contributed by atoms with E-state index >= 15 is 0 Å². The lowest BCUT2D eigenvalue weighted by Gasteiger charge is -2.21. The van der Waals surface area contributed by atoms with Crippen LogP contribution in [0.2, 0.25) is 5.02 Å². The van der Waals surface area contributed by atoms with Crippen LogP contribution in [0.3, 0.4) is 0 Å². The highest BCUT2D eigenvalue weighted by Gasteiger charge is 2.24. The molecule has 0 saturated carbocycles. The summed E-state index contributed by atoms with van der Waals surface area (Å²) in [5.74, 6) is -0.294. The van der Waals surface area contributed by atoms with E-state index in [1.54, 1.807) is 31.2 Å². The van der Waals surface area contributed by atoms with Crippen molar-refractivity contribution in [2.24, 2.45) is 0 Å². The highest BCUT2D eigenvalue weighted by Crippen LogP contribution is 2.22. The van der Waals surface area contributed by atoms with Crippen molar-refractivity contribution in [2.45, 2.75) is 13.0 Å². The van der Waals surface area contributed by atoms with Crippen LogP contribution >= 0.6 is 11.6 Å². The van der Waals surface area contributed by atoms with E-state index in [1.807, 2.05) is 49.5 Å². The van der Waals surface area contributed by atoms with Gasteiger partial charge in [0.25, 0.3) is 11.8 Å². The number of carbonyl (C=O) groups is 2. The molecule has 3 N–H and O–H groups in total. The number of rotatable bonds is 6. The fraction of sp³-hybridized carbons (Fsp3) is 0.182. The molecule has 3 aromatic carbocycles. The van der Waals surface area contributed by atoms with Crippen molar-refractivity contribution in [1.29, 1.82) is 0 Å². The molecule has 5 nitrogen and oxygen atoms in total. The Balaban J connectivity index is 1.59. The second kappa shape index (κ2) is 8.87. The third kappa shape index (κ3) is 4.88. The Hall–Kier alpha value is -2.89. The molecule has 0 heterocycles. The summed E-state index contributed by atoms with van der Waals surface area (Å²) in [6, 6.07) is 20.2. The van der Waals surface area contributed by atoms with E-state index in [1.165, 1.54) is 0 Å². The molecule has 0 saturated heterocycles. The molecule has 0 aliphatic heterocycles. The SMILES string of the molecule is C[C@@H](C(=O)Nc1ccc(Cl)cc1)[NH+](C)CC(=O)Nc1cccc2ccccc12. The fourth-order valence-electron chi connectivity index (χ4n) is 2.94. The average molecular weight is 397 g/mol. The van der Waals surface area contributed by atoms with Crippen molar-refractivity contribution >= 4 is 45.6 Å². The highest BCUT2D eigenvalue weighted by molar-refractivity contribution is 6.30. The largest absolute Gasteiger partial charge is 0.321 e. The van der Waals surface area contributed by atoms with Gasteiger partial charge in [0.2, 0.25) is 0 Å². The zero-order chi connectivity index (χ0) is 20.1. The molecule has 144 valence electrons. The number of hydrogen-bond acceptors (Lipinski definition) is 2. The number of halogens is 1. The van der Waals surface area contributed by atoms with Crippen LogP contribution in [0, 0.1) is 0 Å². The number of amides is 2. The van der Waals surface area contributed by atoms with Crippen LogP contribution in [0.5, 0.6) is 0 Å². The lowest BCUT2D eigenvalue weighted by molar-refractivity contribution is -0.885. The molecule has 0 fully saturated rings. The monoisotopic (exact) mass is 396 g/mol. The molecule has 0 aromatic heterocycles. The Morgan fingerprint density at radius 1 is 0.964 bits per heavy atom. The smallest absolute Gasteiger partial charge is 0.282 e. The van der Waals surface area contributed by atoms with Crippen LogP contribution in [0.1, 0.15) is 6.92 Å². The molecule has 0 bridgehead atoms. The molecule has 0 spiro atoms. The molecule has 6 heteroatoms. The molecule has 3 rings (SSSR count). The minimum Gasteiger partial charge on any atom is -0.321 e. The van der Waals surface area contributed by atoms with Gasteiger partial charge in [0, 0.05) is 21.8 Å². The predicted molar refractivity (Wildman–Crippen MR) is 114 cm³/mol. The van der Waals surface area contributed by atoms with Gasteiger partial charge in [0.1, 0.15) is 0 Å². The zero-order valence-electron chi connectivity index (χ0n) is 15.8. The molecule has 0 aliphatic carbocycles. The van der Waals surface area contributed by atoms with Gasteiger partial charge in [-0.2, -0.15) is 0 Å². The number of anilines is 2. The minimum atomic E-state index is -0.394. The molecule has 2 amide bonds. The summed E-state index contributed by atoms with van der Waals surface area (Å²) in [6.07, 6.45) is 0. The normalized spacial score (nSPS) is 13.0. The minimum absolute atomic E-state index is 0.139. The molecule has 1 unspecified atom stereocenters. The maximum absolute atomic E-state index is 12.5. The number of nitrogens with one attached hydrogen (secondary N) is 3. The third-order valence-corrected chi connectivity index (χ3v) is 5.00. The van der Waals surface area contributed by atoms with E-state index in [9.17, 15) is 9.59 Å². The molecule has 3 aromatic rings. The van der Waals surface area contributed by atoms with Crippen LogP contribution in [0.4, 0.5) is 11.4 Å². The number of carbonyl (C=O) groups excluding carboxylic acids is 2. The number of benzene rings is 3. The van der Waals surface area contributed by atoms with E-state index in [0.717, 1.165) is 21.4 Å². The quantitative estimate of drug-likeness (QED) is 0.599. The van der Waals surface area contributed by atoms with Crippen molar-refractivity contribution in [3.63, 3.8) is 0 Å². The Kier molecular flexibility index (Phi) is 6.29. The summed E-state index contributed by atoms with van der Waals surface area (Å²) in [4.78, 5) is 25.8. The van der Waals surface area contributed by atoms with Crippen molar-refractivity contribution in [3.05, 3.63) is 71.8 Å². The maximum atomic E-state index is 12.5. The Morgan fingerprint density at radius 2 is 1.64 bits per heavy atom. The number of fused-ring (bicyclic) bond motifs is 1. The second-order valence-corrected chi connectivity index (χ2v) is 7.25. The topological polar surface area (TPSA) is 62.6 Å². The van der Waals surface area contributed by atoms with E-state index in [-0.39, 0.29) is 18.4 Å². The van der Waals surface area contributed by atoms with Crippen LogP contribution in [0.25, 0.3) is 10.8 Å². The molecule has 0 radical (unpaired) electrons. The summed E-state index contributed by atoms with van der Waals surface area (Å²) in [6.45, 7) is 1.98. The summed E-state index contributed by atoms with van der Waals surface area (Å²) in [5.41, 5.74) is 1.45. The summed E-state index contributed by atoms with van der Waals surface area (Å²) >= 11 is 5.86. The molecule has 28 heavy (non-hydrogen) atoms. The first kappa shape index (κ1) is 19.9. The number of likely N-dealkylation sites (N-methyl/N-ethyl adjacent to an activating group) is 1. The van der Waals surface area contributed by atoms with Crippen LogP contribution < -0.4 is 15.5 Å². The van der Waals surface area contributed by atoms with E-state index in [4.69, 9.17) is 11.6 Å². The van der Waals surface area contributed by atoms with Gasteiger partial charge < -0.3 is 15.5 Å². The van der Waals surface area contributed by atoms with Crippen LogP contribution in [0.15, 0.2) is 66.7 Å². The number of quaternary nitrogens is 1. The average Bonchev–Trinajstić information content (AvgIpc) is 2.69. The summed E-state index contributed by atoms with van der Waals surface area (Å²) in [7, 11) is 1.83. The Morgan fingerprint density at radius 3 is 2.39 bits per heavy atom. The first-order valence-electron chi connectivity index (χ1n) is 9.10. The van der Waals surface area contributed by atoms with Gasteiger partial charge in [0.15, 0.2) is 12.6 Å². The zero-order valence-corrected chi connectivity index (χ0v) is 16.6. The summed E-state index contributed by atoms with van der Waals surface area (Å²) < 4.78 is 0. The van der Waals surface area contributed by atoms with Gasteiger partial charge in [-0.05, 0) is 42.6 Å². The Bertz CT molecular complexity index is 983. The van der Waals surface area contributed by atoms with Crippen molar-refractivity contribution in [3.8, 4) is 0 Å². The number of hydrogen-bond donors (Lipinski definition) is 3. The van der Waals surface area contributed by atoms with Crippen molar-refractivity contribution in [2.75, 3.05) is 24.2 Å². The second-order valence-electron chi connectivity index (χ2n) is 6.82. The van der Waals surface area contributed by atoms with Crippen LogP contribution in [-0.2, 0) is 9.59 Å². The lowest BCUT2D eigenvalue weighted by Crippen LogP contribution is -3.14. The lowest BCUT2D eigenvalue weighted by atomic mass is 10.1. The van der Waals surface area contributed by atoms with E-state index in [0.29, 0.717) is 10.7 Å². The van der Waals surface area contributed by atoms with Gasteiger partial charge in [-0.3, -0.25) is 9.59 Å². The maximum Gasteiger partial charge on any atom is 0.282 e. The van der Waals surface area contributed by atoms with Gasteiger partial charge >= 0.3 is 0 Å². The molecular formula is C22H23ClN3O2+. The van der Waals surface area contributed by atoms with Crippen molar-refractivity contribution in [1.82, 2.24) is 0 Å². The third-order valence-electron chi connectivity index (χ3n) is 4.75.